The summed E-state index contributed by atoms with van der Waals surface area (Å²) in [6, 6.07) is 8.59. The van der Waals surface area contributed by atoms with E-state index in [0.717, 1.165) is 25.7 Å². The van der Waals surface area contributed by atoms with Crippen molar-refractivity contribution in [3.05, 3.63) is 35.4 Å². The molecule has 92 valence electrons. The molecule has 0 aliphatic heterocycles. The van der Waals surface area contributed by atoms with Crippen molar-refractivity contribution < 1.29 is 4.79 Å². The van der Waals surface area contributed by atoms with Crippen LogP contribution in [0.5, 0.6) is 0 Å². The molecule has 0 atom stereocenters. The van der Waals surface area contributed by atoms with Gasteiger partial charge in [-0.05, 0) is 36.3 Å². The number of hydrogen-bond acceptors (Lipinski definition) is 1. The van der Waals surface area contributed by atoms with Gasteiger partial charge in [-0.1, -0.05) is 44.5 Å². The molecule has 1 aromatic rings. The molecule has 0 aromatic heterocycles. The molecule has 0 saturated heterocycles. The maximum atomic E-state index is 11.5. The molecular weight excluding hydrogens is 210 g/mol. The zero-order valence-corrected chi connectivity index (χ0v) is 10.7. The SMILES string of the molecule is CC(C)c1ccc(CC2(C(N)=O)CCC2)cc1. The van der Waals surface area contributed by atoms with E-state index >= 15 is 0 Å². The number of carbonyl (C=O) groups is 1. The van der Waals surface area contributed by atoms with E-state index < -0.39 is 0 Å². The van der Waals surface area contributed by atoms with Crippen molar-refractivity contribution in [3.8, 4) is 0 Å². The number of nitrogens with two attached hydrogens (primary N) is 1. The minimum atomic E-state index is -0.251. The van der Waals surface area contributed by atoms with E-state index in [4.69, 9.17) is 5.73 Å². The maximum absolute atomic E-state index is 11.5. The molecule has 1 saturated carbocycles. The second kappa shape index (κ2) is 4.52. The Bertz CT molecular complexity index is 401. The summed E-state index contributed by atoms with van der Waals surface area (Å²) in [5.74, 6) is 0.425. The van der Waals surface area contributed by atoms with Crippen LogP contribution in [-0.2, 0) is 11.2 Å². The second-order valence-electron chi connectivity index (χ2n) is 5.57. The van der Waals surface area contributed by atoms with Gasteiger partial charge in [-0.2, -0.15) is 0 Å². The van der Waals surface area contributed by atoms with Gasteiger partial charge in [0.25, 0.3) is 0 Å². The predicted octanol–water partition coefficient (Wildman–Crippen LogP) is 3.01. The van der Waals surface area contributed by atoms with Crippen molar-refractivity contribution in [2.45, 2.75) is 45.4 Å². The zero-order valence-electron chi connectivity index (χ0n) is 10.7. The third kappa shape index (κ3) is 2.36. The van der Waals surface area contributed by atoms with Crippen LogP contribution in [0, 0.1) is 5.41 Å². The van der Waals surface area contributed by atoms with E-state index in [0.29, 0.717) is 5.92 Å². The van der Waals surface area contributed by atoms with E-state index in [-0.39, 0.29) is 11.3 Å². The fourth-order valence-corrected chi connectivity index (χ4v) is 2.52. The molecule has 0 heterocycles. The highest BCUT2D eigenvalue weighted by molar-refractivity contribution is 5.82. The van der Waals surface area contributed by atoms with Crippen molar-refractivity contribution >= 4 is 5.91 Å². The van der Waals surface area contributed by atoms with Gasteiger partial charge < -0.3 is 5.73 Å². The van der Waals surface area contributed by atoms with Crippen molar-refractivity contribution in [3.63, 3.8) is 0 Å². The van der Waals surface area contributed by atoms with Crippen LogP contribution in [0.15, 0.2) is 24.3 Å². The molecule has 2 rings (SSSR count). The number of carbonyl (C=O) groups excluding carboxylic acids is 1. The molecule has 2 heteroatoms. The molecule has 0 bridgehead atoms. The molecule has 1 fully saturated rings. The minimum Gasteiger partial charge on any atom is -0.369 e. The summed E-state index contributed by atoms with van der Waals surface area (Å²) in [5, 5.41) is 0. The van der Waals surface area contributed by atoms with E-state index in [1.165, 1.54) is 11.1 Å². The molecule has 1 aromatic carbocycles. The highest BCUT2D eigenvalue weighted by atomic mass is 16.1. The first-order chi connectivity index (χ1) is 8.03. The Hall–Kier alpha value is -1.31. The van der Waals surface area contributed by atoms with Gasteiger partial charge in [0.05, 0.1) is 5.41 Å². The average molecular weight is 231 g/mol. The quantitative estimate of drug-likeness (QED) is 0.850. The molecule has 2 nitrogen and oxygen atoms in total. The number of rotatable bonds is 4. The van der Waals surface area contributed by atoms with Crippen LogP contribution in [0.2, 0.25) is 0 Å². The molecule has 0 unspecified atom stereocenters. The van der Waals surface area contributed by atoms with Crippen LogP contribution in [0.25, 0.3) is 0 Å². The van der Waals surface area contributed by atoms with Crippen LogP contribution in [0.3, 0.4) is 0 Å². The lowest BCUT2D eigenvalue weighted by Gasteiger charge is -2.39. The lowest BCUT2D eigenvalue weighted by atomic mass is 9.65. The van der Waals surface area contributed by atoms with Gasteiger partial charge in [0.2, 0.25) is 5.91 Å². The summed E-state index contributed by atoms with van der Waals surface area (Å²) in [7, 11) is 0. The molecule has 0 spiro atoms. The number of amides is 1. The van der Waals surface area contributed by atoms with Gasteiger partial charge in [-0.25, -0.2) is 0 Å². The van der Waals surface area contributed by atoms with Crippen LogP contribution >= 0.6 is 0 Å². The first-order valence-electron chi connectivity index (χ1n) is 6.42. The van der Waals surface area contributed by atoms with Gasteiger partial charge in [0.15, 0.2) is 0 Å². The second-order valence-corrected chi connectivity index (χ2v) is 5.57. The summed E-state index contributed by atoms with van der Waals surface area (Å²) >= 11 is 0. The van der Waals surface area contributed by atoms with Gasteiger partial charge >= 0.3 is 0 Å². The Morgan fingerprint density at radius 2 is 1.88 bits per heavy atom. The Balaban J connectivity index is 2.11. The minimum absolute atomic E-state index is 0.128. The molecule has 1 aliphatic carbocycles. The Morgan fingerprint density at radius 3 is 2.24 bits per heavy atom. The first-order valence-corrected chi connectivity index (χ1v) is 6.42. The molecule has 0 radical (unpaired) electrons. The zero-order chi connectivity index (χ0) is 12.5. The van der Waals surface area contributed by atoms with Crippen molar-refractivity contribution in [2.75, 3.05) is 0 Å². The third-order valence-corrected chi connectivity index (χ3v) is 4.02. The fraction of sp³-hybridized carbons (Fsp3) is 0.533. The van der Waals surface area contributed by atoms with Gasteiger partial charge in [0, 0.05) is 0 Å². The van der Waals surface area contributed by atoms with Crippen LogP contribution in [-0.4, -0.2) is 5.91 Å². The van der Waals surface area contributed by atoms with E-state index in [1.54, 1.807) is 0 Å². The van der Waals surface area contributed by atoms with E-state index in [2.05, 4.69) is 38.1 Å². The van der Waals surface area contributed by atoms with Crippen molar-refractivity contribution in [1.82, 2.24) is 0 Å². The Labute approximate surface area is 103 Å². The summed E-state index contributed by atoms with van der Waals surface area (Å²) in [5.41, 5.74) is 7.84. The van der Waals surface area contributed by atoms with Crippen molar-refractivity contribution in [1.29, 1.82) is 0 Å². The number of primary amides is 1. The van der Waals surface area contributed by atoms with Crippen LogP contribution in [0.1, 0.15) is 50.2 Å². The van der Waals surface area contributed by atoms with Gasteiger partial charge in [-0.3, -0.25) is 4.79 Å². The van der Waals surface area contributed by atoms with E-state index in [9.17, 15) is 4.79 Å². The van der Waals surface area contributed by atoms with Gasteiger partial charge in [-0.15, -0.1) is 0 Å². The Morgan fingerprint density at radius 1 is 1.29 bits per heavy atom. The highest BCUT2D eigenvalue weighted by Crippen LogP contribution is 2.43. The standard InChI is InChI=1S/C15H21NO/c1-11(2)13-6-4-12(5-7-13)10-15(14(16)17)8-3-9-15/h4-7,11H,3,8-10H2,1-2H3,(H2,16,17). The first kappa shape index (κ1) is 12.2. The largest absolute Gasteiger partial charge is 0.369 e. The molecular formula is C15H21NO. The third-order valence-electron chi connectivity index (χ3n) is 4.02. The molecule has 17 heavy (non-hydrogen) atoms. The monoisotopic (exact) mass is 231 g/mol. The number of hydrogen-bond donors (Lipinski definition) is 1. The predicted molar refractivity (Wildman–Crippen MR) is 69.7 cm³/mol. The van der Waals surface area contributed by atoms with Gasteiger partial charge in [0.1, 0.15) is 0 Å². The number of benzene rings is 1. The lowest BCUT2D eigenvalue weighted by Crippen LogP contribution is -2.44. The smallest absolute Gasteiger partial charge is 0.223 e. The summed E-state index contributed by atoms with van der Waals surface area (Å²) in [6.45, 7) is 4.37. The van der Waals surface area contributed by atoms with Crippen LogP contribution in [0.4, 0.5) is 0 Å². The van der Waals surface area contributed by atoms with Crippen molar-refractivity contribution in [2.24, 2.45) is 11.1 Å². The summed E-state index contributed by atoms with van der Waals surface area (Å²) in [6.07, 6.45) is 3.84. The molecule has 1 amide bonds. The lowest BCUT2D eigenvalue weighted by molar-refractivity contribution is -0.132. The molecule has 2 N–H and O–H groups in total. The highest BCUT2D eigenvalue weighted by Gasteiger charge is 2.42. The van der Waals surface area contributed by atoms with Crippen LogP contribution < -0.4 is 5.73 Å². The maximum Gasteiger partial charge on any atom is 0.223 e. The Kier molecular flexibility index (Phi) is 3.23. The average Bonchev–Trinajstić information content (AvgIpc) is 2.23. The normalized spacial score (nSPS) is 17.8. The molecule has 1 aliphatic rings. The fourth-order valence-electron chi connectivity index (χ4n) is 2.52. The topological polar surface area (TPSA) is 43.1 Å². The summed E-state index contributed by atoms with van der Waals surface area (Å²) in [4.78, 5) is 11.5. The summed E-state index contributed by atoms with van der Waals surface area (Å²) < 4.78 is 0. The van der Waals surface area contributed by atoms with E-state index in [1.807, 2.05) is 0 Å².